The Morgan fingerprint density at radius 3 is 2.14 bits per heavy atom. The molecule has 0 unspecified atom stereocenters. The van der Waals surface area contributed by atoms with Crippen LogP contribution in [0.2, 0.25) is 5.02 Å². The molecule has 6 rings (SSSR count). The Hall–Kier alpha value is -5.18. The van der Waals surface area contributed by atoms with Crippen LogP contribution in [-0.2, 0) is 42.9 Å². The molecular formula is C54H75BrClFN10O11S. The number of hydrogen-bond donors (Lipinski definition) is 4. The summed E-state index contributed by atoms with van der Waals surface area (Å²) in [6, 6.07) is 7.17. The number of aliphatic hydroxyl groups excluding tert-OH is 1. The molecule has 4 heterocycles. The summed E-state index contributed by atoms with van der Waals surface area (Å²) >= 11 is 11.1. The minimum Gasteiger partial charge on any atom is -0.444 e. The average Bonchev–Trinajstić information content (AvgIpc) is 4.07. The summed E-state index contributed by atoms with van der Waals surface area (Å²) in [7, 11) is 1.86. The number of carbonyl (C=O) groups is 5. The summed E-state index contributed by atoms with van der Waals surface area (Å²) in [5.41, 5.74) is 3.29. The van der Waals surface area contributed by atoms with Crippen LogP contribution in [0.1, 0.15) is 78.6 Å². The topological polar surface area (TPSA) is 239 Å². The van der Waals surface area contributed by atoms with Crippen LogP contribution in [-0.4, -0.2) is 194 Å². The maximum absolute atomic E-state index is 15.5. The largest absolute Gasteiger partial charge is 0.444 e. The molecule has 4 N–H and O–H groups in total. The number of aryl methyl sites for hydroxylation is 1. The fourth-order valence-corrected chi connectivity index (χ4v) is 10.0. The number of nitrogens with zero attached hydrogens (tertiary/aromatic N) is 7. The van der Waals surface area contributed by atoms with Crippen LogP contribution < -0.4 is 20.9 Å². The van der Waals surface area contributed by atoms with Crippen molar-refractivity contribution in [2.45, 2.75) is 98.1 Å². The zero-order chi connectivity index (χ0) is 57.6. The number of aromatic nitrogens is 3. The quantitative estimate of drug-likeness (QED) is 0.0416. The molecule has 2 fully saturated rings. The van der Waals surface area contributed by atoms with Crippen molar-refractivity contribution >= 4 is 91.3 Å². The molecule has 2 aliphatic heterocycles. The van der Waals surface area contributed by atoms with Gasteiger partial charge in [-0.1, -0.05) is 56.6 Å². The van der Waals surface area contributed by atoms with Crippen molar-refractivity contribution in [1.82, 2.24) is 40.3 Å². The lowest BCUT2D eigenvalue weighted by molar-refractivity contribution is -0.144. The van der Waals surface area contributed by atoms with Crippen molar-refractivity contribution in [2.75, 3.05) is 116 Å². The number of nitrogens with one attached hydrogen (secondary N) is 3. The molecule has 0 aliphatic carbocycles. The third kappa shape index (κ3) is 18.4. The maximum Gasteiger partial charge on any atom is 0.410 e. The van der Waals surface area contributed by atoms with Crippen LogP contribution in [0.4, 0.5) is 21.0 Å². The van der Waals surface area contributed by atoms with Gasteiger partial charge in [0.25, 0.3) is 0 Å². The van der Waals surface area contributed by atoms with Crippen molar-refractivity contribution in [2.24, 2.45) is 5.41 Å². The van der Waals surface area contributed by atoms with E-state index in [1.165, 1.54) is 4.90 Å². The monoisotopic (exact) mass is 1200 g/mol. The first-order valence-electron chi connectivity index (χ1n) is 26.4. The number of β-amino-alcohol motifs (C(OH)–C–C–N with tert-alkyl or cyclic N) is 1. The van der Waals surface area contributed by atoms with E-state index in [2.05, 4.69) is 46.8 Å². The Bertz CT molecular complexity index is 2720. The van der Waals surface area contributed by atoms with Gasteiger partial charge in [-0.25, -0.2) is 19.2 Å². The van der Waals surface area contributed by atoms with Crippen LogP contribution in [0.25, 0.3) is 21.3 Å². The standard InChI is InChI=1S/C54H75BrClFN10O11S/c1-33(35-10-12-36(13-11-35)46-34(2)58-32-79-46)59-49(71)40-28-37(68)30-67(40)50(72)47(53(3,4)5)60-42(70)31-77-27-26-76-25-24-75-23-22-74-21-20-64(9)15-14-41(69)61-51-62-45-38(29-39(56)43(55)44(45)57)48(63-51)65-16-18-66(19-17-65)52(73)78-54(6,7)8/h10-13,29,32-33,37,40,47,68H,14-28,30-31H2,1-9H3,(H,59,71)(H,60,70)(H,61,62,63,69)/t33-,37+,40-,47+/m0/s1. The minimum absolute atomic E-state index is 0.0165. The summed E-state index contributed by atoms with van der Waals surface area (Å²) in [5.74, 6) is -2.10. The van der Waals surface area contributed by atoms with Gasteiger partial charge in [0.2, 0.25) is 29.6 Å². The number of thiazole rings is 1. The normalized spacial score (nSPS) is 16.8. The zero-order valence-electron chi connectivity index (χ0n) is 46.5. The molecule has 434 valence electrons. The van der Waals surface area contributed by atoms with E-state index >= 15 is 4.39 Å². The number of ether oxygens (including phenoxy) is 5. The molecule has 4 aromatic rings. The second kappa shape index (κ2) is 29.0. The lowest BCUT2D eigenvalue weighted by Crippen LogP contribution is -2.58. The number of amides is 5. The van der Waals surface area contributed by atoms with Gasteiger partial charge in [0.1, 0.15) is 35.6 Å². The number of hydrogen-bond acceptors (Lipinski definition) is 17. The highest BCUT2D eigenvalue weighted by atomic mass is 79.9. The summed E-state index contributed by atoms with van der Waals surface area (Å²) in [5, 5.41) is 19.7. The molecule has 0 saturated carbocycles. The molecule has 5 amide bonds. The first kappa shape index (κ1) is 63.0. The molecule has 21 nitrogen and oxygen atoms in total. The summed E-state index contributed by atoms with van der Waals surface area (Å²) in [4.78, 5) is 87.6. The molecule has 2 aliphatic rings. The van der Waals surface area contributed by atoms with Gasteiger partial charge in [-0.2, -0.15) is 4.98 Å². The third-order valence-corrected chi connectivity index (χ3v) is 15.3. The van der Waals surface area contributed by atoms with Gasteiger partial charge in [0, 0.05) is 64.0 Å². The average molecular weight is 1210 g/mol. The maximum atomic E-state index is 15.5. The predicted octanol–water partition coefficient (Wildman–Crippen LogP) is 6.37. The fraction of sp³-hybridized carbons (Fsp3) is 0.593. The zero-order valence-corrected chi connectivity index (χ0v) is 49.7. The molecule has 2 aromatic carbocycles. The first-order valence-corrected chi connectivity index (χ1v) is 28.4. The smallest absolute Gasteiger partial charge is 0.410 e. The van der Waals surface area contributed by atoms with E-state index in [4.69, 9.17) is 35.3 Å². The first-order chi connectivity index (χ1) is 37.4. The number of carbonyl (C=O) groups excluding carboxylic acids is 5. The number of piperazine rings is 1. The molecule has 4 atom stereocenters. The van der Waals surface area contributed by atoms with Crippen molar-refractivity contribution < 1.29 is 57.2 Å². The number of rotatable bonds is 25. The minimum atomic E-state index is -0.996. The van der Waals surface area contributed by atoms with Gasteiger partial charge in [-0.15, -0.1) is 11.3 Å². The number of anilines is 2. The lowest BCUT2D eigenvalue weighted by atomic mass is 9.85. The molecule has 2 aromatic heterocycles. The van der Waals surface area contributed by atoms with Crippen LogP contribution >= 0.6 is 38.9 Å². The highest BCUT2D eigenvalue weighted by Gasteiger charge is 2.45. The highest BCUT2D eigenvalue weighted by Crippen LogP contribution is 2.37. The SMILES string of the molecule is Cc1ncsc1-c1ccc([C@H](C)NC(=O)[C@@H]2C[C@@H](O)CN2C(=O)[C@@H](NC(=O)COCCOCCOCCOCCN(C)CCC(=O)Nc2nc(N3CCN(C(=O)OC(C)(C)C)CC3)c3cc(Cl)c(Br)c(F)c3n2)C(C)(C)C)cc1. The summed E-state index contributed by atoms with van der Waals surface area (Å²) in [6.45, 7) is 18.7. The van der Waals surface area contributed by atoms with E-state index in [-0.39, 0.29) is 78.7 Å². The highest BCUT2D eigenvalue weighted by molar-refractivity contribution is 9.10. The second-order valence-electron chi connectivity index (χ2n) is 21.6. The van der Waals surface area contributed by atoms with Crippen molar-refractivity contribution in [3.63, 3.8) is 0 Å². The van der Waals surface area contributed by atoms with Gasteiger partial charge in [-0.3, -0.25) is 24.5 Å². The van der Waals surface area contributed by atoms with Crippen molar-refractivity contribution in [3.05, 3.63) is 62.4 Å². The Balaban J connectivity index is 0.822. The molecular weight excluding hydrogens is 1130 g/mol. The van der Waals surface area contributed by atoms with Crippen molar-refractivity contribution in [3.8, 4) is 10.4 Å². The van der Waals surface area contributed by atoms with Gasteiger partial charge < -0.3 is 59.0 Å². The number of aliphatic hydroxyl groups is 1. The van der Waals surface area contributed by atoms with Crippen LogP contribution in [0, 0.1) is 18.2 Å². The van der Waals surface area contributed by atoms with Crippen LogP contribution in [0.5, 0.6) is 0 Å². The molecule has 0 bridgehead atoms. The van der Waals surface area contributed by atoms with Gasteiger partial charge in [0.15, 0.2) is 5.82 Å². The molecule has 0 spiro atoms. The number of halogens is 3. The van der Waals surface area contributed by atoms with Crippen LogP contribution in [0.3, 0.4) is 0 Å². The molecule has 0 radical (unpaired) electrons. The summed E-state index contributed by atoms with van der Waals surface area (Å²) < 4.78 is 43.5. The molecule has 79 heavy (non-hydrogen) atoms. The lowest BCUT2D eigenvalue weighted by Gasteiger charge is -2.36. The number of benzene rings is 2. The van der Waals surface area contributed by atoms with Crippen LogP contribution in [0.15, 0.2) is 40.3 Å². The number of likely N-dealkylation sites (tertiary alicyclic amines) is 1. The third-order valence-electron chi connectivity index (χ3n) is 13.0. The fourth-order valence-electron chi connectivity index (χ4n) is 8.74. The molecule has 25 heteroatoms. The summed E-state index contributed by atoms with van der Waals surface area (Å²) in [6.07, 6.45) is -1.14. The molecule has 2 saturated heterocycles. The Morgan fingerprint density at radius 1 is 0.899 bits per heavy atom. The number of likely N-dealkylation sites (N-methyl/N-ethyl adjacent to an activating group) is 1. The number of fused-ring (bicyclic) bond motifs is 1. The van der Waals surface area contributed by atoms with Gasteiger partial charge >= 0.3 is 6.09 Å². The second-order valence-corrected chi connectivity index (χ2v) is 23.6. The van der Waals surface area contributed by atoms with E-state index in [0.717, 1.165) is 21.7 Å². The Kier molecular flexibility index (Phi) is 23.1. The van der Waals surface area contributed by atoms with E-state index in [1.54, 1.807) is 48.6 Å². The van der Waals surface area contributed by atoms with Gasteiger partial charge in [-0.05, 0) is 80.2 Å². The Morgan fingerprint density at radius 2 is 1.53 bits per heavy atom. The van der Waals surface area contributed by atoms with E-state index in [9.17, 15) is 29.1 Å². The van der Waals surface area contributed by atoms with Crippen molar-refractivity contribution in [1.29, 1.82) is 0 Å². The predicted molar refractivity (Wildman–Crippen MR) is 303 cm³/mol. The van der Waals surface area contributed by atoms with E-state index in [0.29, 0.717) is 76.9 Å². The van der Waals surface area contributed by atoms with E-state index in [1.807, 2.05) is 75.7 Å². The van der Waals surface area contributed by atoms with E-state index < -0.39 is 58.8 Å². The Labute approximate surface area is 478 Å². The van der Waals surface area contributed by atoms with Gasteiger partial charge in [0.05, 0.1) is 84.0 Å².